The van der Waals surface area contributed by atoms with Crippen LogP contribution in [0.5, 0.6) is 0 Å². The number of halogens is 2. The first kappa shape index (κ1) is 17.7. The monoisotopic (exact) mass is 388 g/mol. The molecule has 0 aliphatic heterocycles. The molecule has 1 aromatic carbocycles. The normalized spacial score (nSPS) is 15.0. The summed E-state index contributed by atoms with van der Waals surface area (Å²) in [5, 5.41) is 6.99. The molecule has 1 aliphatic rings. The summed E-state index contributed by atoms with van der Waals surface area (Å²) in [6.45, 7) is 3.94. The van der Waals surface area contributed by atoms with Crippen molar-refractivity contribution in [1.29, 1.82) is 0 Å². The first-order chi connectivity index (χ1) is 12.8. The van der Waals surface area contributed by atoms with E-state index in [0.29, 0.717) is 33.8 Å². The molecule has 0 spiro atoms. The lowest BCUT2D eigenvalue weighted by molar-refractivity contribution is 0.0950. The molecule has 1 amide bonds. The Balaban J connectivity index is 1.63. The fraction of sp³-hybridized carbons (Fsp3) is 0.316. The van der Waals surface area contributed by atoms with E-state index in [9.17, 15) is 9.18 Å². The zero-order chi connectivity index (χ0) is 19.2. The van der Waals surface area contributed by atoms with Gasteiger partial charge in [0, 0.05) is 17.1 Å². The van der Waals surface area contributed by atoms with Crippen molar-refractivity contribution in [3.05, 3.63) is 52.3 Å². The molecule has 6 nitrogen and oxygen atoms in total. The molecule has 2 N–H and O–H groups in total. The van der Waals surface area contributed by atoms with Crippen molar-refractivity contribution in [3.8, 4) is 0 Å². The summed E-state index contributed by atoms with van der Waals surface area (Å²) in [6, 6.07) is 4.15. The average Bonchev–Trinajstić information content (AvgIpc) is 3.20. The van der Waals surface area contributed by atoms with E-state index < -0.39 is 5.82 Å². The molecular weight excluding hydrogens is 371 g/mol. The van der Waals surface area contributed by atoms with Crippen LogP contribution in [0.2, 0.25) is 5.02 Å². The van der Waals surface area contributed by atoms with Crippen LogP contribution in [0.1, 0.15) is 41.4 Å². The largest absolute Gasteiger partial charge is 0.442 e. The molecule has 0 bridgehead atoms. The molecule has 8 heteroatoms. The minimum absolute atomic E-state index is 0.0154. The van der Waals surface area contributed by atoms with E-state index in [4.69, 9.17) is 16.0 Å². The number of carbonyl (C=O) groups excluding carboxylic acids is 1. The van der Waals surface area contributed by atoms with Crippen molar-refractivity contribution in [3.63, 3.8) is 0 Å². The van der Waals surface area contributed by atoms with Crippen LogP contribution in [0.4, 0.5) is 10.2 Å². The summed E-state index contributed by atoms with van der Waals surface area (Å²) in [6.07, 6.45) is 3.49. The first-order valence-electron chi connectivity index (χ1n) is 8.60. The zero-order valence-electron chi connectivity index (χ0n) is 14.9. The van der Waals surface area contributed by atoms with Crippen LogP contribution in [-0.2, 0) is 6.54 Å². The summed E-state index contributed by atoms with van der Waals surface area (Å²) in [7, 11) is 0. The van der Waals surface area contributed by atoms with E-state index in [-0.39, 0.29) is 23.0 Å². The van der Waals surface area contributed by atoms with Crippen molar-refractivity contribution >= 4 is 34.4 Å². The third-order valence-corrected chi connectivity index (χ3v) is 4.91. The van der Waals surface area contributed by atoms with E-state index in [1.165, 1.54) is 18.5 Å². The number of fused-ring (bicyclic) bond motifs is 1. The smallest absolute Gasteiger partial charge is 0.255 e. The fourth-order valence-electron chi connectivity index (χ4n) is 2.99. The van der Waals surface area contributed by atoms with Gasteiger partial charge < -0.3 is 15.1 Å². The first-order valence-corrected chi connectivity index (χ1v) is 8.98. The Morgan fingerprint density at radius 2 is 2.11 bits per heavy atom. The van der Waals surface area contributed by atoms with Crippen LogP contribution in [-0.4, -0.2) is 21.4 Å². The van der Waals surface area contributed by atoms with Crippen molar-refractivity contribution in [2.75, 3.05) is 5.32 Å². The predicted octanol–water partition coefficient (Wildman–Crippen LogP) is 4.22. The molecule has 3 aromatic rings. The molecule has 1 fully saturated rings. The van der Waals surface area contributed by atoms with Gasteiger partial charge in [0.15, 0.2) is 0 Å². The van der Waals surface area contributed by atoms with Crippen molar-refractivity contribution < 1.29 is 13.6 Å². The van der Waals surface area contributed by atoms with Gasteiger partial charge in [-0.15, -0.1) is 0 Å². The van der Waals surface area contributed by atoms with Crippen molar-refractivity contribution in [1.82, 2.24) is 15.3 Å². The number of aryl methyl sites for hydroxylation is 1. The minimum Gasteiger partial charge on any atom is -0.442 e. The number of rotatable bonds is 5. The van der Waals surface area contributed by atoms with Crippen LogP contribution >= 0.6 is 11.6 Å². The van der Waals surface area contributed by atoms with Gasteiger partial charge in [0.1, 0.15) is 23.7 Å². The number of furan rings is 1. The van der Waals surface area contributed by atoms with E-state index in [1.54, 1.807) is 13.0 Å². The van der Waals surface area contributed by atoms with Crippen LogP contribution in [0.3, 0.4) is 0 Å². The molecule has 0 radical (unpaired) electrons. The highest BCUT2D eigenvalue weighted by atomic mass is 35.5. The number of anilines is 1. The predicted molar refractivity (Wildman–Crippen MR) is 100 cm³/mol. The Hall–Kier alpha value is -2.67. The van der Waals surface area contributed by atoms with Crippen LogP contribution in [0, 0.1) is 12.7 Å². The molecule has 2 aromatic heterocycles. The minimum atomic E-state index is -0.450. The quantitative estimate of drug-likeness (QED) is 0.684. The lowest BCUT2D eigenvalue weighted by Crippen LogP contribution is -2.24. The Labute approximate surface area is 160 Å². The maximum Gasteiger partial charge on any atom is 0.255 e. The van der Waals surface area contributed by atoms with Crippen LogP contribution in [0.15, 0.2) is 28.9 Å². The zero-order valence-corrected chi connectivity index (χ0v) is 15.7. The third kappa shape index (κ3) is 3.60. The van der Waals surface area contributed by atoms with Gasteiger partial charge in [-0.25, -0.2) is 14.4 Å². The van der Waals surface area contributed by atoms with Gasteiger partial charge in [0.05, 0.1) is 10.9 Å². The molecule has 0 atom stereocenters. The topological polar surface area (TPSA) is 80.1 Å². The Morgan fingerprint density at radius 3 is 2.81 bits per heavy atom. The van der Waals surface area contributed by atoms with Crippen LogP contribution in [0.25, 0.3) is 11.1 Å². The number of amides is 1. The second kappa shape index (κ2) is 6.49. The lowest BCUT2D eigenvalue weighted by Gasteiger charge is -2.13. The molecule has 27 heavy (non-hydrogen) atoms. The van der Waals surface area contributed by atoms with Gasteiger partial charge in [-0.2, -0.15) is 0 Å². The van der Waals surface area contributed by atoms with E-state index >= 15 is 0 Å². The number of aromatic nitrogens is 2. The second-order valence-electron chi connectivity index (χ2n) is 7.08. The molecule has 4 rings (SSSR count). The highest BCUT2D eigenvalue weighted by Gasteiger charge is 2.38. The molecule has 0 unspecified atom stereocenters. The lowest BCUT2D eigenvalue weighted by atomic mass is 10.1. The summed E-state index contributed by atoms with van der Waals surface area (Å²) in [5.74, 6) is 0.236. The average molecular weight is 389 g/mol. The molecule has 0 saturated heterocycles. The molecule has 2 heterocycles. The number of nitrogens with one attached hydrogen (secondary N) is 2. The number of hydrogen-bond acceptors (Lipinski definition) is 5. The molecule has 140 valence electrons. The maximum atomic E-state index is 13.5. The summed E-state index contributed by atoms with van der Waals surface area (Å²) in [4.78, 5) is 21.3. The third-order valence-electron chi connectivity index (χ3n) is 4.69. The number of nitrogens with zero attached hydrogens (tertiary/aromatic N) is 2. The maximum absolute atomic E-state index is 13.5. The van der Waals surface area contributed by atoms with Gasteiger partial charge in [-0.05, 0) is 50.5 Å². The number of hydrogen-bond donors (Lipinski definition) is 2. The summed E-state index contributed by atoms with van der Waals surface area (Å²) >= 11 is 5.86. The Bertz CT molecular complexity index is 1030. The molecule has 1 saturated carbocycles. The summed E-state index contributed by atoms with van der Waals surface area (Å²) in [5.41, 5.74) is 1.28. The van der Waals surface area contributed by atoms with E-state index in [1.807, 2.05) is 0 Å². The van der Waals surface area contributed by atoms with Crippen LogP contribution < -0.4 is 10.6 Å². The van der Waals surface area contributed by atoms with Gasteiger partial charge in [0.2, 0.25) is 5.71 Å². The highest BCUT2D eigenvalue weighted by Crippen LogP contribution is 2.40. The Morgan fingerprint density at radius 1 is 1.33 bits per heavy atom. The molecule has 1 aliphatic carbocycles. The SMILES string of the molecule is Cc1oc2ncnc(NC3(C)CC3)c2c1C(=O)NCc1cc(F)cc(Cl)c1. The van der Waals surface area contributed by atoms with Gasteiger partial charge in [0.25, 0.3) is 5.91 Å². The molecular formula is C19H18ClFN4O2. The van der Waals surface area contributed by atoms with E-state index in [2.05, 4.69) is 27.5 Å². The Kier molecular flexibility index (Phi) is 4.26. The van der Waals surface area contributed by atoms with Crippen molar-refractivity contribution in [2.24, 2.45) is 0 Å². The van der Waals surface area contributed by atoms with Gasteiger partial charge >= 0.3 is 0 Å². The van der Waals surface area contributed by atoms with E-state index in [0.717, 1.165) is 12.8 Å². The number of benzene rings is 1. The van der Waals surface area contributed by atoms with Gasteiger partial charge in [-0.3, -0.25) is 4.79 Å². The highest BCUT2D eigenvalue weighted by molar-refractivity contribution is 6.30. The van der Waals surface area contributed by atoms with Gasteiger partial charge in [-0.1, -0.05) is 11.6 Å². The fourth-order valence-corrected chi connectivity index (χ4v) is 3.24. The second-order valence-corrected chi connectivity index (χ2v) is 7.52. The number of carbonyl (C=O) groups is 1. The van der Waals surface area contributed by atoms with Crippen molar-refractivity contribution in [2.45, 2.75) is 38.8 Å². The summed E-state index contributed by atoms with van der Waals surface area (Å²) < 4.78 is 19.1. The standard InChI is InChI=1S/C19H18ClFN4O2/c1-10-14(17(26)22-8-11-5-12(20)7-13(21)6-11)15-16(25-19(2)3-4-19)23-9-24-18(15)27-10/h5-7,9H,3-4,8H2,1-2H3,(H,22,26)(H,23,24,25).